The van der Waals surface area contributed by atoms with Gasteiger partial charge in [0.25, 0.3) is 5.91 Å². The Bertz CT molecular complexity index is 1050. The number of anilines is 1. The number of carbonyl (C=O) groups excluding carboxylic acids is 1. The molecule has 3 aromatic rings. The Labute approximate surface area is 200 Å². The van der Waals surface area contributed by atoms with Gasteiger partial charge in [0.05, 0.1) is 12.2 Å². The van der Waals surface area contributed by atoms with E-state index in [1.807, 2.05) is 36.4 Å². The van der Waals surface area contributed by atoms with E-state index >= 15 is 0 Å². The molecule has 0 aliphatic carbocycles. The van der Waals surface area contributed by atoms with E-state index in [1.165, 1.54) is 25.9 Å². The molecule has 0 unspecified atom stereocenters. The van der Waals surface area contributed by atoms with E-state index in [0.29, 0.717) is 41.0 Å². The van der Waals surface area contributed by atoms with Gasteiger partial charge < -0.3 is 19.7 Å². The number of amides is 1. The second-order valence-electron chi connectivity index (χ2n) is 8.15. The molecule has 5 nitrogen and oxygen atoms in total. The van der Waals surface area contributed by atoms with Crippen molar-refractivity contribution in [2.75, 3.05) is 31.6 Å². The zero-order chi connectivity index (χ0) is 22.9. The van der Waals surface area contributed by atoms with Crippen molar-refractivity contribution in [3.05, 3.63) is 88.9 Å². The Morgan fingerprint density at radius 2 is 1.76 bits per heavy atom. The van der Waals surface area contributed by atoms with Crippen LogP contribution in [0.25, 0.3) is 0 Å². The van der Waals surface area contributed by atoms with Crippen LogP contribution in [0.1, 0.15) is 35.2 Å². The van der Waals surface area contributed by atoms with Gasteiger partial charge in [0.1, 0.15) is 18.1 Å². The third kappa shape index (κ3) is 6.98. The van der Waals surface area contributed by atoms with Gasteiger partial charge in [-0.15, -0.1) is 0 Å². The maximum atomic E-state index is 13.0. The molecular weight excluding hydrogens is 436 g/mol. The molecule has 0 radical (unpaired) electrons. The van der Waals surface area contributed by atoms with Crippen molar-refractivity contribution in [3.63, 3.8) is 0 Å². The molecule has 1 amide bonds. The molecule has 0 saturated carbocycles. The molecule has 0 atom stereocenters. The molecule has 0 spiro atoms. The van der Waals surface area contributed by atoms with Gasteiger partial charge in [-0.25, -0.2) is 0 Å². The molecule has 6 heteroatoms. The standard InChI is InChI=1S/C27H29ClN2O3/c28-22-10-6-11-23(18-22)29-27(31)25-13-12-24(32-17-7-16-30-14-4-5-15-30)19-26(25)33-20-21-8-2-1-3-9-21/h1-3,6,8-13,18-19H,4-5,7,14-17,20H2,(H,29,31). The Morgan fingerprint density at radius 1 is 0.939 bits per heavy atom. The highest BCUT2D eigenvalue weighted by Gasteiger charge is 2.16. The molecule has 3 aromatic carbocycles. The van der Waals surface area contributed by atoms with Gasteiger partial charge in [-0.05, 0) is 68.2 Å². The molecular formula is C27H29ClN2O3. The number of carbonyl (C=O) groups is 1. The van der Waals surface area contributed by atoms with Crippen LogP contribution in [0.15, 0.2) is 72.8 Å². The molecule has 33 heavy (non-hydrogen) atoms. The van der Waals surface area contributed by atoms with E-state index in [-0.39, 0.29) is 5.91 Å². The normalized spacial score (nSPS) is 13.6. The smallest absolute Gasteiger partial charge is 0.259 e. The topological polar surface area (TPSA) is 50.8 Å². The van der Waals surface area contributed by atoms with E-state index < -0.39 is 0 Å². The lowest BCUT2D eigenvalue weighted by Crippen LogP contribution is -2.21. The molecule has 1 heterocycles. The summed E-state index contributed by atoms with van der Waals surface area (Å²) in [6.45, 7) is 4.42. The van der Waals surface area contributed by atoms with E-state index in [2.05, 4.69) is 10.2 Å². The van der Waals surface area contributed by atoms with Crippen LogP contribution in [-0.4, -0.2) is 37.0 Å². The van der Waals surface area contributed by atoms with Gasteiger partial charge in [-0.3, -0.25) is 4.79 Å². The predicted molar refractivity (Wildman–Crippen MR) is 132 cm³/mol. The number of halogens is 1. The molecule has 4 rings (SSSR count). The summed E-state index contributed by atoms with van der Waals surface area (Å²) in [5.74, 6) is 0.912. The monoisotopic (exact) mass is 464 g/mol. The number of ether oxygens (including phenoxy) is 2. The molecule has 172 valence electrons. The fourth-order valence-electron chi connectivity index (χ4n) is 3.88. The number of nitrogens with one attached hydrogen (secondary N) is 1. The van der Waals surface area contributed by atoms with Crippen molar-refractivity contribution in [1.29, 1.82) is 0 Å². The molecule has 1 N–H and O–H groups in total. The van der Waals surface area contributed by atoms with Crippen molar-refractivity contribution in [2.45, 2.75) is 25.9 Å². The van der Waals surface area contributed by atoms with Crippen LogP contribution in [0.4, 0.5) is 5.69 Å². The van der Waals surface area contributed by atoms with Crippen LogP contribution in [0.2, 0.25) is 5.02 Å². The summed E-state index contributed by atoms with van der Waals surface area (Å²) in [4.78, 5) is 15.5. The quantitative estimate of drug-likeness (QED) is 0.372. The first-order valence-corrected chi connectivity index (χ1v) is 11.8. The Morgan fingerprint density at radius 3 is 2.55 bits per heavy atom. The Hall–Kier alpha value is -3.02. The summed E-state index contributed by atoms with van der Waals surface area (Å²) in [5.41, 5.74) is 2.09. The van der Waals surface area contributed by atoms with Crippen molar-refractivity contribution < 1.29 is 14.3 Å². The lowest BCUT2D eigenvalue weighted by molar-refractivity contribution is 0.102. The summed E-state index contributed by atoms with van der Waals surface area (Å²) in [6, 6.07) is 22.3. The minimum Gasteiger partial charge on any atom is -0.493 e. The second-order valence-corrected chi connectivity index (χ2v) is 8.58. The van der Waals surface area contributed by atoms with Gasteiger partial charge in [-0.2, -0.15) is 0 Å². The minimum atomic E-state index is -0.263. The molecule has 1 saturated heterocycles. The van der Waals surface area contributed by atoms with Crippen LogP contribution >= 0.6 is 11.6 Å². The minimum absolute atomic E-state index is 0.263. The first kappa shape index (κ1) is 23.1. The van der Waals surface area contributed by atoms with Gasteiger partial charge in [0.2, 0.25) is 0 Å². The number of nitrogens with zero attached hydrogens (tertiary/aromatic N) is 1. The fourth-order valence-corrected chi connectivity index (χ4v) is 4.07. The highest BCUT2D eigenvalue weighted by atomic mass is 35.5. The average molecular weight is 465 g/mol. The van der Waals surface area contributed by atoms with Crippen LogP contribution in [0.5, 0.6) is 11.5 Å². The lowest BCUT2D eigenvalue weighted by Gasteiger charge is -2.16. The summed E-state index contributed by atoms with van der Waals surface area (Å²) in [7, 11) is 0. The van der Waals surface area contributed by atoms with E-state index in [4.69, 9.17) is 21.1 Å². The Balaban J connectivity index is 1.44. The van der Waals surface area contributed by atoms with Gasteiger partial charge in [-0.1, -0.05) is 48.0 Å². The maximum absolute atomic E-state index is 13.0. The zero-order valence-electron chi connectivity index (χ0n) is 18.6. The summed E-state index contributed by atoms with van der Waals surface area (Å²) >= 11 is 6.05. The summed E-state index contributed by atoms with van der Waals surface area (Å²) in [5, 5.41) is 3.45. The van der Waals surface area contributed by atoms with Crippen molar-refractivity contribution >= 4 is 23.2 Å². The Kier molecular flexibility index (Phi) is 8.23. The van der Waals surface area contributed by atoms with Crippen molar-refractivity contribution in [2.24, 2.45) is 0 Å². The highest BCUT2D eigenvalue weighted by molar-refractivity contribution is 6.31. The maximum Gasteiger partial charge on any atom is 0.259 e. The molecule has 1 aliphatic rings. The number of hydrogen-bond acceptors (Lipinski definition) is 4. The van der Waals surface area contributed by atoms with Crippen LogP contribution in [0, 0.1) is 0 Å². The van der Waals surface area contributed by atoms with Crippen LogP contribution in [0.3, 0.4) is 0 Å². The SMILES string of the molecule is O=C(Nc1cccc(Cl)c1)c1ccc(OCCCN2CCCC2)cc1OCc1ccccc1. The lowest BCUT2D eigenvalue weighted by atomic mass is 10.1. The molecule has 1 aliphatic heterocycles. The van der Waals surface area contributed by atoms with E-state index in [0.717, 1.165) is 18.5 Å². The zero-order valence-corrected chi connectivity index (χ0v) is 19.4. The van der Waals surface area contributed by atoms with Gasteiger partial charge in [0, 0.05) is 23.3 Å². The third-order valence-electron chi connectivity index (χ3n) is 5.60. The number of likely N-dealkylation sites (tertiary alicyclic amines) is 1. The van der Waals surface area contributed by atoms with Crippen LogP contribution < -0.4 is 14.8 Å². The predicted octanol–water partition coefficient (Wildman–Crippen LogP) is 6.04. The fraction of sp³-hybridized carbons (Fsp3) is 0.296. The third-order valence-corrected chi connectivity index (χ3v) is 5.84. The second kappa shape index (κ2) is 11.7. The number of hydrogen-bond donors (Lipinski definition) is 1. The first-order valence-electron chi connectivity index (χ1n) is 11.4. The van der Waals surface area contributed by atoms with E-state index in [9.17, 15) is 4.79 Å². The molecule has 0 aromatic heterocycles. The first-order chi connectivity index (χ1) is 16.2. The van der Waals surface area contributed by atoms with E-state index in [1.54, 1.807) is 36.4 Å². The van der Waals surface area contributed by atoms with Gasteiger partial charge >= 0.3 is 0 Å². The van der Waals surface area contributed by atoms with Crippen molar-refractivity contribution in [3.8, 4) is 11.5 Å². The average Bonchev–Trinajstić information content (AvgIpc) is 3.35. The number of benzene rings is 3. The van der Waals surface area contributed by atoms with Crippen LogP contribution in [-0.2, 0) is 6.61 Å². The highest BCUT2D eigenvalue weighted by Crippen LogP contribution is 2.27. The molecule has 0 bridgehead atoms. The van der Waals surface area contributed by atoms with Gasteiger partial charge in [0.15, 0.2) is 0 Å². The summed E-state index contributed by atoms with van der Waals surface area (Å²) in [6.07, 6.45) is 3.56. The number of rotatable bonds is 10. The molecule has 1 fully saturated rings. The largest absolute Gasteiger partial charge is 0.493 e. The van der Waals surface area contributed by atoms with Crippen molar-refractivity contribution in [1.82, 2.24) is 4.90 Å². The summed E-state index contributed by atoms with van der Waals surface area (Å²) < 4.78 is 12.0.